The maximum absolute atomic E-state index is 11.5. The fourth-order valence-corrected chi connectivity index (χ4v) is 1.58. The van der Waals surface area contributed by atoms with E-state index in [1.165, 1.54) is 6.33 Å². The van der Waals surface area contributed by atoms with E-state index in [2.05, 4.69) is 26.5 Å². The van der Waals surface area contributed by atoms with Gasteiger partial charge in [-0.25, -0.2) is 15.0 Å². The first-order valence-electron chi connectivity index (χ1n) is 4.63. The van der Waals surface area contributed by atoms with E-state index in [1.807, 2.05) is 0 Å². The molecule has 0 aliphatic carbocycles. The molecule has 0 aliphatic heterocycles. The maximum Gasteiger partial charge on any atom is 0.260 e. The lowest BCUT2D eigenvalue weighted by atomic mass is 10.3. The van der Waals surface area contributed by atoms with Gasteiger partial charge in [-0.05, 0) is 6.07 Å². The Morgan fingerprint density at radius 2 is 2.31 bits per heavy atom. The van der Waals surface area contributed by atoms with Crippen LogP contribution in [0.2, 0.25) is 0 Å². The molecule has 0 fully saturated rings. The summed E-state index contributed by atoms with van der Waals surface area (Å²) in [6, 6.07) is 1.67. The number of pyridine rings is 1. The largest absolute Gasteiger partial charge is 0.313 e. The first-order chi connectivity index (χ1) is 7.79. The lowest BCUT2D eigenvalue weighted by Crippen LogP contribution is -2.07. The summed E-state index contributed by atoms with van der Waals surface area (Å²) < 4.78 is 1.68. The molecule has 0 unspecified atom stereocenters. The third kappa shape index (κ3) is 1.07. The Bertz CT molecular complexity index is 755. The molecule has 0 spiro atoms. The highest BCUT2D eigenvalue weighted by Crippen LogP contribution is 2.14. The molecule has 0 aliphatic rings. The topological polar surface area (TPSA) is 76.5 Å². The number of fused-ring (bicyclic) bond motifs is 2. The summed E-state index contributed by atoms with van der Waals surface area (Å²) in [5.41, 5.74) is 1.47. The molecule has 0 saturated carbocycles. The summed E-state index contributed by atoms with van der Waals surface area (Å²) in [6.45, 7) is 3.65. The van der Waals surface area contributed by atoms with E-state index in [-0.39, 0.29) is 5.56 Å². The Morgan fingerprint density at radius 1 is 1.44 bits per heavy atom. The van der Waals surface area contributed by atoms with E-state index >= 15 is 0 Å². The van der Waals surface area contributed by atoms with Crippen molar-refractivity contribution in [1.29, 1.82) is 0 Å². The van der Waals surface area contributed by atoms with E-state index in [1.54, 1.807) is 23.2 Å². The normalized spacial score (nSPS) is 11.0. The third-order valence-electron chi connectivity index (χ3n) is 2.35. The smallest absolute Gasteiger partial charge is 0.260 e. The molecule has 0 amide bonds. The van der Waals surface area contributed by atoms with Crippen molar-refractivity contribution in [2.45, 2.75) is 0 Å². The number of nitrogens with zero attached hydrogens (tertiary/aromatic N) is 4. The van der Waals surface area contributed by atoms with Crippen LogP contribution >= 0.6 is 0 Å². The zero-order chi connectivity index (χ0) is 11.1. The molecule has 0 bridgehead atoms. The highest BCUT2D eigenvalue weighted by Gasteiger charge is 2.07. The van der Waals surface area contributed by atoms with Crippen LogP contribution in [0.25, 0.3) is 28.4 Å². The molecule has 0 atom stereocenters. The molecule has 6 heteroatoms. The van der Waals surface area contributed by atoms with Gasteiger partial charge in [0.05, 0.1) is 11.7 Å². The molecule has 3 rings (SSSR count). The van der Waals surface area contributed by atoms with Gasteiger partial charge in [-0.2, -0.15) is 0 Å². The Labute approximate surface area is 89.3 Å². The highest BCUT2D eigenvalue weighted by atomic mass is 16.1. The Morgan fingerprint density at radius 3 is 3.12 bits per heavy atom. The summed E-state index contributed by atoms with van der Waals surface area (Å²) in [5.74, 6) is 0. The summed E-state index contributed by atoms with van der Waals surface area (Å²) in [6.07, 6.45) is 4.52. The zero-order valence-electron chi connectivity index (χ0n) is 8.21. The average molecular weight is 213 g/mol. The van der Waals surface area contributed by atoms with Crippen molar-refractivity contribution in [3.63, 3.8) is 0 Å². The third-order valence-corrected chi connectivity index (χ3v) is 2.35. The van der Waals surface area contributed by atoms with E-state index in [0.29, 0.717) is 22.2 Å². The Balaban J connectivity index is 2.55. The second-order valence-electron chi connectivity index (χ2n) is 3.27. The summed E-state index contributed by atoms with van der Waals surface area (Å²) in [4.78, 5) is 26.4. The minimum atomic E-state index is -0.215. The number of imidazole rings is 1. The van der Waals surface area contributed by atoms with E-state index in [9.17, 15) is 4.79 Å². The summed E-state index contributed by atoms with van der Waals surface area (Å²) >= 11 is 0. The van der Waals surface area contributed by atoms with Gasteiger partial charge in [0.1, 0.15) is 11.8 Å². The number of rotatable bonds is 1. The van der Waals surface area contributed by atoms with Crippen molar-refractivity contribution in [2.75, 3.05) is 0 Å². The van der Waals surface area contributed by atoms with Gasteiger partial charge in [0.15, 0.2) is 11.3 Å². The molecule has 3 aromatic rings. The fourth-order valence-electron chi connectivity index (χ4n) is 1.58. The standard InChI is InChI=1S/C10H7N5O/c1-2-15-5-13-7-3-6-8(14-9(7)15)11-4-12-10(6)16/h2-5H,1H2,(H,11,12,14,16). The van der Waals surface area contributed by atoms with Gasteiger partial charge >= 0.3 is 0 Å². The van der Waals surface area contributed by atoms with Crippen LogP contribution in [0, 0.1) is 0 Å². The minimum Gasteiger partial charge on any atom is -0.313 e. The maximum atomic E-state index is 11.5. The number of hydrogen-bond donors (Lipinski definition) is 1. The molecule has 3 aromatic heterocycles. The Hall–Kier alpha value is -2.50. The van der Waals surface area contributed by atoms with Gasteiger partial charge < -0.3 is 4.98 Å². The minimum absolute atomic E-state index is 0.215. The number of hydrogen-bond acceptors (Lipinski definition) is 4. The molecule has 3 heterocycles. The predicted molar refractivity (Wildman–Crippen MR) is 59.8 cm³/mol. The van der Waals surface area contributed by atoms with Crippen LogP contribution in [0.15, 0.2) is 30.1 Å². The number of aromatic nitrogens is 5. The first kappa shape index (κ1) is 8.78. The number of nitrogens with one attached hydrogen (secondary N) is 1. The van der Waals surface area contributed by atoms with Gasteiger partial charge in [0, 0.05) is 6.20 Å². The van der Waals surface area contributed by atoms with Crippen molar-refractivity contribution in [3.8, 4) is 0 Å². The van der Waals surface area contributed by atoms with Crippen molar-refractivity contribution >= 4 is 28.4 Å². The monoisotopic (exact) mass is 213 g/mol. The lowest BCUT2D eigenvalue weighted by molar-refractivity contribution is 1.12. The van der Waals surface area contributed by atoms with Crippen LogP contribution in [0.3, 0.4) is 0 Å². The quantitative estimate of drug-likeness (QED) is 0.647. The zero-order valence-corrected chi connectivity index (χ0v) is 8.21. The van der Waals surface area contributed by atoms with Crippen molar-refractivity contribution in [2.24, 2.45) is 0 Å². The van der Waals surface area contributed by atoms with Gasteiger partial charge in [-0.3, -0.25) is 9.36 Å². The highest BCUT2D eigenvalue weighted by molar-refractivity contribution is 5.87. The first-order valence-corrected chi connectivity index (χ1v) is 4.63. The second-order valence-corrected chi connectivity index (χ2v) is 3.27. The lowest BCUT2D eigenvalue weighted by Gasteiger charge is -1.96. The van der Waals surface area contributed by atoms with Crippen molar-refractivity contribution in [3.05, 3.63) is 35.7 Å². The van der Waals surface area contributed by atoms with Crippen LogP contribution in [-0.2, 0) is 0 Å². The van der Waals surface area contributed by atoms with Crippen LogP contribution in [-0.4, -0.2) is 24.5 Å². The molecule has 16 heavy (non-hydrogen) atoms. The van der Waals surface area contributed by atoms with E-state index in [0.717, 1.165) is 0 Å². The van der Waals surface area contributed by atoms with Crippen LogP contribution < -0.4 is 5.56 Å². The number of H-pyrrole nitrogens is 1. The average Bonchev–Trinajstić information content (AvgIpc) is 2.69. The summed E-state index contributed by atoms with van der Waals surface area (Å²) in [5, 5.41) is 0.435. The van der Waals surface area contributed by atoms with Crippen LogP contribution in [0.5, 0.6) is 0 Å². The molecule has 6 nitrogen and oxygen atoms in total. The van der Waals surface area contributed by atoms with Crippen molar-refractivity contribution < 1.29 is 0 Å². The van der Waals surface area contributed by atoms with Crippen molar-refractivity contribution in [1.82, 2.24) is 24.5 Å². The Kier molecular flexibility index (Phi) is 1.64. The SMILES string of the molecule is C=Cn1cnc2cc3c(=O)[nH]cnc3nc21. The molecule has 78 valence electrons. The predicted octanol–water partition coefficient (Wildman–Crippen LogP) is 0.768. The van der Waals surface area contributed by atoms with Gasteiger partial charge in [-0.1, -0.05) is 6.58 Å². The van der Waals surface area contributed by atoms with Crippen LogP contribution in [0.1, 0.15) is 0 Å². The van der Waals surface area contributed by atoms with E-state index < -0.39 is 0 Å². The molecular weight excluding hydrogens is 206 g/mol. The fraction of sp³-hybridized carbons (Fsp3) is 0. The molecule has 1 N–H and O–H groups in total. The molecule has 0 aromatic carbocycles. The second kappa shape index (κ2) is 2.99. The molecule has 0 saturated heterocycles. The van der Waals surface area contributed by atoms with E-state index in [4.69, 9.17) is 0 Å². The molecular formula is C10H7N5O. The molecule has 0 radical (unpaired) electrons. The van der Waals surface area contributed by atoms with Gasteiger partial charge in [0.2, 0.25) is 0 Å². The van der Waals surface area contributed by atoms with Gasteiger partial charge in [-0.15, -0.1) is 0 Å². The van der Waals surface area contributed by atoms with Crippen LogP contribution in [0.4, 0.5) is 0 Å². The summed E-state index contributed by atoms with van der Waals surface area (Å²) in [7, 11) is 0. The van der Waals surface area contributed by atoms with Gasteiger partial charge in [0.25, 0.3) is 5.56 Å². The number of aromatic amines is 1.